The third-order valence-corrected chi connectivity index (χ3v) is 5.85. The average Bonchev–Trinajstić information content (AvgIpc) is 2.79. The first kappa shape index (κ1) is 25.2. The molecular formula is C23H29N3O5S. The summed E-state index contributed by atoms with van der Waals surface area (Å²) < 4.78 is 5.28. The predicted molar refractivity (Wildman–Crippen MR) is 126 cm³/mol. The van der Waals surface area contributed by atoms with E-state index in [0.717, 1.165) is 11.1 Å². The van der Waals surface area contributed by atoms with Gasteiger partial charge in [0, 0.05) is 31.0 Å². The Morgan fingerprint density at radius 3 is 2.47 bits per heavy atom. The standard InChI is InChI=1S/C23H29N3O5S/c1-4-21(23(28)24-5-2)25(14-18-7-6-8-20(13-18)31-3)22(27)16-32-15-17-9-11-19(12-10-17)26(29)30/h6-13,21H,4-5,14-16H2,1-3H3,(H,24,28). The number of nitro groups is 1. The van der Waals surface area contributed by atoms with E-state index >= 15 is 0 Å². The number of amides is 2. The van der Waals surface area contributed by atoms with E-state index in [-0.39, 0.29) is 23.3 Å². The normalized spacial score (nSPS) is 11.5. The van der Waals surface area contributed by atoms with E-state index in [1.807, 2.05) is 38.1 Å². The molecule has 0 bridgehead atoms. The number of carbonyl (C=O) groups excluding carboxylic acids is 2. The van der Waals surface area contributed by atoms with Gasteiger partial charge in [-0.15, -0.1) is 11.8 Å². The molecule has 0 spiro atoms. The molecule has 1 N–H and O–H groups in total. The number of rotatable bonds is 12. The first-order valence-electron chi connectivity index (χ1n) is 10.4. The van der Waals surface area contributed by atoms with Gasteiger partial charge >= 0.3 is 0 Å². The van der Waals surface area contributed by atoms with E-state index in [2.05, 4.69) is 5.32 Å². The van der Waals surface area contributed by atoms with Crippen LogP contribution in [0.25, 0.3) is 0 Å². The molecule has 0 aliphatic carbocycles. The lowest BCUT2D eigenvalue weighted by Crippen LogP contribution is -2.49. The monoisotopic (exact) mass is 459 g/mol. The summed E-state index contributed by atoms with van der Waals surface area (Å²) in [5.41, 5.74) is 1.80. The number of methoxy groups -OCH3 is 1. The molecule has 2 aromatic rings. The molecule has 0 fully saturated rings. The molecule has 32 heavy (non-hydrogen) atoms. The number of nitrogens with zero attached hydrogens (tertiary/aromatic N) is 2. The zero-order valence-corrected chi connectivity index (χ0v) is 19.4. The summed E-state index contributed by atoms with van der Waals surface area (Å²) in [5, 5.41) is 13.6. The van der Waals surface area contributed by atoms with Crippen molar-refractivity contribution < 1.29 is 19.2 Å². The number of hydrogen-bond acceptors (Lipinski definition) is 6. The molecule has 0 saturated heterocycles. The molecule has 8 nitrogen and oxygen atoms in total. The Hall–Kier alpha value is -3.07. The zero-order valence-electron chi connectivity index (χ0n) is 18.6. The summed E-state index contributed by atoms with van der Waals surface area (Å²) in [4.78, 5) is 37.7. The Labute approximate surface area is 192 Å². The van der Waals surface area contributed by atoms with Gasteiger partial charge in [-0.3, -0.25) is 19.7 Å². The topological polar surface area (TPSA) is 102 Å². The summed E-state index contributed by atoms with van der Waals surface area (Å²) in [6.07, 6.45) is 0.495. The van der Waals surface area contributed by atoms with E-state index < -0.39 is 11.0 Å². The minimum absolute atomic E-state index is 0.0343. The summed E-state index contributed by atoms with van der Waals surface area (Å²) in [6, 6.07) is 13.1. The number of non-ortho nitro benzene ring substituents is 1. The van der Waals surface area contributed by atoms with Gasteiger partial charge in [-0.25, -0.2) is 0 Å². The Balaban J connectivity index is 2.11. The summed E-state index contributed by atoms with van der Waals surface area (Å²) >= 11 is 1.41. The van der Waals surface area contributed by atoms with Gasteiger partial charge in [0.05, 0.1) is 17.8 Å². The van der Waals surface area contributed by atoms with Crippen molar-refractivity contribution in [2.45, 2.75) is 38.6 Å². The molecular weight excluding hydrogens is 430 g/mol. The first-order chi connectivity index (χ1) is 15.4. The van der Waals surface area contributed by atoms with E-state index in [4.69, 9.17) is 4.74 Å². The highest BCUT2D eigenvalue weighted by atomic mass is 32.2. The maximum absolute atomic E-state index is 13.1. The van der Waals surface area contributed by atoms with Crippen LogP contribution in [0.5, 0.6) is 5.75 Å². The molecule has 0 aliphatic rings. The largest absolute Gasteiger partial charge is 0.497 e. The lowest BCUT2D eigenvalue weighted by molar-refractivity contribution is -0.384. The number of carbonyl (C=O) groups is 2. The minimum Gasteiger partial charge on any atom is -0.497 e. The second kappa shape index (κ2) is 12.7. The number of nitrogens with one attached hydrogen (secondary N) is 1. The maximum Gasteiger partial charge on any atom is 0.269 e. The van der Waals surface area contributed by atoms with E-state index in [1.165, 1.54) is 23.9 Å². The van der Waals surface area contributed by atoms with Crippen molar-refractivity contribution in [3.05, 3.63) is 69.8 Å². The van der Waals surface area contributed by atoms with Gasteiger partial charge in [-0.2, -0.15) is 0 Å². The molecule has 0 aliphatic heterocycles. The van der Waals surface area contributed by atoms with Gasteiger partial charge < -0.3 is 15.0 Å². The van der Waals surface area contributed by atoms with E-state index in [0.29, 0.717) is 31.0 Å². The summed E-state index contributed by atoms with van der Waals surface area (Å²) in [7, 11) is 1.58. The second-order valence-electron chi connectivity index (χ2n) is 7.11. The van der Waals surface area contributed by atoms with Crippen LogP contribution in [0.15, 0.2) is 48.5 Å². The highest BCUT2D eigenvalue weighted by Gasteiger charge is 2.28. The number of ether oxygens (including phenoxy) is 1. The van der Waals surface area contributed by atoms with Gasteiger partial charge in [0.1, 0.15) is 11.8 Å². The average molecular weight is 460 g/mol. The van der Waals surface area contributed by atoms with E-state index in [1.54, 1.807) is 24.1 Å². The Morgan fingerprint density at radius 2 is 1.88 bits per heavy atom. The lowest BCUT2D eigenvalue weighted by atomic mass is 10.1. The van der Waals surface area contributed by atoms with Crippen molar-refractivity contribution in [1.82, 2.24) is 10.2 Å². The summed E-state index contributed by atoms with van der Waals surface area (Å²) in [6.45, 7) is 4.52. The second-order valence-corrected chi connectivity index (χ2v) is 8.09. The molecule has 0 aromatic heterocycles. The van der Waals surface area contributed by atoms with Gasteiger partial charge in [0.2, 0.25) is 11.8 Å². The number of likely N-dealkylation sites (N-methyl/N-ethyl adjacent to an activating group) is 1. The fraction of sp³-hybridized carbons (Fsp3) is 0.391. The Kier molecular flexibility index (Phi) is 10.0. The van der Waals surface area contributed by atoms with Crippen molar-refractivity contribution in [3.8, 4) is 5.75 Å². The smallest absolute Gasteiger partial charge is 0.269 e. The van der Waals surface area contributed by atoms with Crippen molar-refractivity contribution in [1.29, 1.82) is 0 Å². The fourth-order valence-electron chi connectivity index (χ4n) is 3.23. The van der Waals surface area contributed by atoms with Crippen LogP contribution in [-0.2, 0) is 21.9 Å². The lowest BCUT2D eigenvalue weighted by Gasteiger charge is -2.30. The van der Waals surface area contributed by atoms with Crippen molar-refractivity contribution in [2.75, 3.05) is 19.4 Å². The Morgan fingerprint density at radius 1 is 1.16 bits per heavy atom. The van der Waals surface area contributed by atoms with Crippen LogP contribution in [0, 0.1) is 10.1 Å². The maximum atomic E-state index is 13.1. The van der Waals surface area contributed by atoms with Crippen LogP contribution < -0.4 is 10.1 Å². The molecule has 2 amide bonds. The van der Waals surface area contributed by atoms with Crippen LogP contribution >= 0.6 is 11.8 Å². The van der Waals surface area contributed by atoms with Gasteiger partial charge in [0.15, 0.2) is 0 Å². The SMILES string of the molecule is CCNC(=O)C(CC)N(Cc1cccc(OC)c1)C(=O)CSCc1ccc([N+](=O)[O-])cc1. The van der Waals surface area contributed by atoms with Crippen LogP contribution in [0.4, 0.5) is 5.69 Å². The number of benzene rings is 2. The quantitative estimate of drug-likeness (QED) is 0.383. The first-order valence-corrected chi connectivity index (χ1v) is 11.6. The highest BCUT2D eigenvalue weighted by Crippen LogP contribution is 2.20. The van der Waals surface area contributed by atoms with Gasteiger partial charge in [-0.05, 0) is 36.6 Å². The minimum atomic E-state index is -0.575. The van der Waals surface area contributed by atoms with Crippen molar-refractivity contribution in [2.24, 2.45) is 0 Å². The van der Waals surface area contributed by atoms with Crippen LogP contribution in [0.2, 0.25) is 0 Å². The van der Waals surface area contributed by atoms with Crippen molar-refractivity contribution in [3.63, 3.8) is 0 Å². The molecule has 1 unspecified atom stereocenters. The van der Waals surface area contributed by atoms with E-state index in [9.17, 15) is 19.7 Å². The van der Waals surface area contributed by atoms with Crippen LogP contribution in [-0.4, -0.2) is 47.1 Å². The number of hydrogen-bond donors (Lipinski definition) is 1. The molecule has 0 heterocycles. The van der Waals surface area contributed by atoms with Crippen molar-refractivity contribution >= 4 is 29.3 Å². The van der Waals surface area contributed by atoms with Gasteiger partial charge in [0.25, 0.3) is 5.69 Å². The molecule has 0 saturated carbocycles. The van der Waals surface area contributed by atoms with Crippen LogP contribution in [0.3, 0.4) is 0 Å². The summed E-state index contributed by atoms with van der Waals surface area (Å²) in [5.74, 6) is 1.10. The van der Waals surface area contributed by atoms with Gasteiger partial charge in [-0.1, -0.05) is 31.2 Å². The molecule has 0 radical (unpaired) electrons. The molecule has 172 valence electrons. The third kappa shape index (κ3) is 7.26. The third-order valence-electron chi connectivity index (χ3n) is 4.87. The zero-order chi connectivity index (χ0) is 23.5. The number of nitro benzene ring substituents is 1. The molecule has 2 rings (SSSR count). The number of thioether (sulfide) groups is 1. The molecule has 1 atom stereocenters. The molecule has 2 aromatic carbocycles. The molecule has 9 heteroatoms. The predicted octanol–water partition coefficient (Wildman–Crippen LogP) is 3.78. The van der Waals surface area contributed by atoms with Crippen LogP contribution in [0.1, 0.15) is 31.4 Å². The fourth-order valence-corrected chi connectivity index (χ4v) is 4.10. The highest BCUT2D eigenvalue weighted by molar-refractivity contribution is 7.99. The Bertz CT molecular complexity index is 920.